The maximum Gasteiger partial charge on any atom is 0.264 e. The van der Waals surface area contributed by atoms with E-state index in [1.165, 1.54) is 67.7 Å². The molecule has 0 saturated heterocycles. The highest BCUT2D eigenvalue weighted by Crippen LogP contribution is 2.34. The molecule has 1 N–H and O–H groups in total. The van der Waals surface area contributed by atoms with Crippen LogP contribution in [0.4, 0.5) is 10.1 Å². The highest BCUT2D eigenvalue weighted by molar-refractivity contribution is 7.92. The molecule has 0 radical (unpaired) electrons. The fraction of sp³-hybridized carbons (Fsp3) is 0.355. The van der Waals surface area contributed by atoms with Gasteiger partial charge in [-0.25, -0.2) is 12.8 Å². The summed E-state index contributed by atoms with van der Waals surface area (Å²) in [6, 6.07) is 15.3. The normalized spacial score (nSPS) is 12.6. The first-order valence-corrected chi connectivity index (χ1v) is 15.0. The van der Waals surface area contributed by atoms with Crippen LogP contribution in [0, 0.1) is 12.7 Å². The van der Waals surface area contributed by atoms with Crippen molar-refractivity contribution in [1.82, 2.24) is 10.2 Å². The fourth-order valence-electron chi connectivity index (χ4n) is 4.18. The Kier molecular flexibility index (Phi) is 10.9. The first-order chi connectivity index (χ1) is 19.9. The number of carbonyl (C=O) groups is 2. The number of anilines is 1. The summed E-state index contributed by atoms with van der Waals surface area (Å²) in [7, 11) is -1.37. The lowest BCUT2D eigenvalue weighted by Crippen LogP contribution is -2.52. The molecule has 0 bridgehead atoms. The van der Waals surface area contributed by atoms with Gasteiger partial charge in [0.05, 0.1) is 24.8 Å². The molecule has 0 fully saturated rings. The molecule has 2 atom stereocenters. The second kappa shape index (κ2) is 14.2. The van der Waals surface area contributed by atoms with E-state index in [0.29, 0.717) is 17.7 Å². The SMILES string of the molecule is CC[C@@H](C)NC(=O)[C@@H](C)N(Cc1ccc(F)cc1)C(=O)CN(c1ccc(OC)c(OC)c1)S(=O)(=O)c1ccc(C)cc1. The summed E-state index contributed by atoms with van der Waals surface area (Å²) >= 11 is 0. The van der Waals surface area contributed by atoms with Crippen LogP contribution >= 0.6 is 0 Å². The number of hydrogen-bond donors (Lipinski definition) is 1. The summed E-state index contributed by atoms with van der Waals surface area (Å²) in [6.45, 7) is 6.53. The van der Waals surface area contributed by atoms with Crippen LogP contribution in [-0.4, -0.2) is 58.0 Å². The van der Waals surface area contributed by atoms with E-state index >= 15 is 0 Å². The van der Waals surface area contributed by atoms with E-state index in [4.69, 9.17) is 9.47 Å². The summed E-state index contributed by atoms with van der Waals surface area (Å²) < 4.78 is 53.3. The van der Waals surface area contributed by atoms with E-state index in [2.05, 4.69) is 5.32 Å². The fourth-order valence-corrected chi connectivity index (χ4v) is 5.59. The van der Waals surface area contributed by atoms with Gasteiger partial charge in [-0.2, -0.15) is 0 Å². The Morgan fingerprint density at radius 3 is 2.12 bits per heavy atom. The number of sulfonamides is 1. The molecule has 2 amide bonds. The van der Waals surface area contributed by atoms with Gasteiger partial charge in [-0.3, -0.25) is 13.9 Å². The van der Waals surface area contributed by atoms with Gasteiger partial charge in [0.15, 0.2) is 11.5 Å². The largest absolute Gasteiger partial charge is 0.493 e. The van der Waals surface area contributed by atoms with Crippen molar-refractivity contribution in [1.29, 1.82) is 0 Å². The zero-order valence-corrected chi connectivity index (χ0v) is 25.6. The third kappa shape index (κ3) is 7.79. The van der Waals surface area contributed by atoms with Gasteiger partial charge in [0, 0.05) is 18.7 Å². The van der Waals surface area contributed by atoms with Crippen molar-refractivity contribution in [2.24, 2.45) is 0 Å². The minimum absolute atomic E-state index is 0.0108. The number of methoxy groups -OCH3 is 2. The van der Waals surface area contributed by atoms with Gasteiger partial charge in [-0.1, -0.05) is 36.8 Å². The Morgan fingerprint density at radius 1 is 0.929 bits per heavy atom. The van der Waals surface area contributed by atoms with Gasteiger partial charge < -0.3 is 19.7 Å². The number of halogens is 1. The van der Waals surface area contributed by atoms with Crippen LogP contribution in [0.2, 0.25) is 0 Å². The van der Waals surface area contributed by atoms with Crippen LogP contribution in [0.15, 0.2) is 71.6 Å². The molecule has 0 heterocycles. The van der Waals surface area contributed by atoms with Gasteiger partial charge in [0.2, 0.25) is 11.8 Å². The molecule has 42 heavy (non-hydrogen) atoms. The van der Waals surface area contributed by atoms with Crippen LogP contribution in [0.25, 0.3) is 0 Å². The quantitative estimate of drug-likeness (QED) is 0.306. The minimum atomic E-state index is -4.25. The number of rotatable bonds is 13. The molecule has 9 nitrogen and oxygen atoms in total. The van der Waals surface area contributed by atoms with Gasteiger partial charge in [-0.15, -0.1) is 0 Å². The van der Waals surface area contributed by atoms with Crippen LogP contribution in [0.1, 0.15) is 38.3 Å². The van der Waals surface area contributed by atoms with Crippen molar-refractivity contribution in [3.63, 3.8) is 0 Å². The Bertz CT molecular complexity index is 1480. The van der Waals surface area contributed by atoms with Crippen molar-refractivity contribution in [3.8, 4) is 11.5 Å². The van der Waals surface area contributed by atoms with E-state index in [9.17, 15) is 22.4 Å². The Labute approximate surface area is 247 Å². The molecule has 3 rings (SSSR count). The van der Waals surface area contributed by atoms with E-state index in [1.807, 2.05) is 20.8 Å². The number of nitrogens with one attached hydrogen (secondary N) is 1. The number of amides is 2. The number of aryl methyl sites for hydroxylation is 1. The molecule has 3 aromatic rings. The molecular formula is C31H38FN3O6S. The van der Waals surface area contributed by atoms with Crippen LogP contribution < -0.4 is 19.1 Å². The molecule has 226 valence electrons. The number of carbonyl (C=O) groups excluding carboxylic acids is 2. The maximum atomic E-state index is 14.0. The summed E-state index contributed by atoms with van der Waals surface area (Å²) in [5.41, 5.74) is 1.61. The number of nitrogens with zero attached hydrogens (tertiary/aromatic N) is 2. The van der Waals surface area contributed by atoms with Crippen molar-refractivity contribution in [3.05, 3.63) is 83.7 Å². The van der Waals surface area contributed by atoms with E-state index in [1.54, 1.807) is 25.1 Å². The first-order valence-electron chi connectivity index (χ1n) is 13.6. The molecule has 0 aliphatic rings. The van der Waals surface area contributed by atoms with Gasteiger partial charge in [0.1, 0.15) is 18.4 Å². The minimum Gasteiger partial charge on any atom is -0.493 e. The predicted molar refractivity (Wildman–Crippen MR) is 160 cm³/mol. The van der Waals surface area contributed by atoms with Crippen molar-refractivity contribution in [2.75, 3.05) is 25.1 Å². The number of hydrogen-bond acceptors (Lipinski definition) is 6. The van der Waals surface area contributed by atoms with Crippen molar-refractivity contribution >= 4 is 27.5 Å². The van der Waals surface area contributed by atoms with Crippen molar-refractivity contribution in [2.45, 2.75) is 57.6 Å². The summed E-state index contributed by atoms with van der Waals surface area (Å²) in [5.74, 6) is -0.803. The third-order valence-electron chi connectivity index (χ3n) is 6.98. The Morgan fingerprint density at radius 2 is 1.55 bits per heavy atom. The highest BCUT2D eigenvalue weighted by Gasteiger charge is 2.33. The monoisotopic (exact) mass is 599 g/mol. The third-order valence-corrected chi connectivity index (χ3v) is 8.77. The predicted octanol–water partition coefficient (Wildman–Crippen LogP) is 4.68. The standard InChI is InChI=1S/C31H38FN3O6S/c1-7-22(3)33-31(37)23(4)34(19-24-10-12-25(32)13-11-24)30(36)20-35(26-14-17-28(40-5)29(18-26)41-6)42(38,39)27-15-8-21(2)9-16-27/h8-18,22-23H,7,19-20H2,1-6H3,(H,33,37)/t22-,23-/m1/s1. The maximum absolute atomic E-state index is 14.0. The summed E-state index contributed by atoms with van der Waals surface area (Å²) in [4.78, 5) is 28.4. The van der Waals surface area contributed by atoms with Crippen LogP contribution in [-0.2, 0) is 26.2 Å². The van der Waals surface area contributed by atoms with E-state index in [-0.39, 0.29) is 34.8 Å². The molecular weight excluding hydrogens is 561 g/mol. The molecule has 0 aliphatic carbocycles. The van der Waals surface area contributed by atoms with E-state index in [0.717, 1.165) is 9.87 Å². The average molecular weight is 600 g/mol. The lowest BCUT2D eigenvalue weighted by atomic mass is 10.1. The van der Waals surface area contributed by atoms with Gasteiger partial charge in [0.25, 0.3) is 10.0 Å². The lowest BCUT2D eigenvalue weighted by Gasteiger charge is -2.32. The molecule has 0 aromatic heterocycles. The lowest BCUT2D eigenvalue weighted by molar-refractivity contribution is -0.139. The zero-order valence-electron chi connectivity index (χ0n) is 24.8. The average Bonchev–Trinajstić information content (AvgIpc) is 2.98. The summed E-state index contributed by atoms with van der Waals surface area (Å²) in [5, 5.41) is 2.88. The second-order valence-corrected chi connectivity index (χ2v) is 11.9. The van der Waals surface area contributed by atoms with Gasteiger partial charge in [-0.05, 0) is 69.2 Å². The van der Waals surface area contributed by atoms with Crippen LogP contribution in [0.3, 0.4) is 0 Å². The van der Waals surface area contributed by atoms with Crippen LogP contribution in [0.5, 0.6) is 11.5 Å². The topological polar surface area (TPSA) is 105 Å². The molecule has 11 heteroatoms. The molecule has 3 aromatic carbocycles. The smallest absolute Gasteiger partial charge is 0.264 e. The molecule has 0 saturated carbocycles. The molecule has 0 unspecified atom stereocenters. The van der Waals surface area contributed by atoms with Crippen molar-refractivity contribution < 1.29 is 31.9 Å². The molecule has 0 aliphatic heterocycles. The Hall–Kier alpha value is -4.12. The summed E-state index contributed by atoms with van der Waals surface area (Å²) in [6.07, 6.45) is 0.687. The molecule has 0 spiro atoms. The zero-order chi connectivity index (χ0) is 31.0. The number of ether oxygens (including phenoxy) is 2. The van der Waals surface area contributed by atoms with Gasteiger partial charge >= 0.3 is 0 Å². The highest BCUT2D eigenvalue weighted by atomic mass is 32.2. The van der Waals surface area contributed by atoms with E-state index < -0.39 is 34.3 Å². The Balaban J connectivity index is 2.08. The number of benzene rings is 3. The second-order valence-electron chi connectivity index (χ2n) is 10.0. The first kappa shape index (κ1) is 32.4.